The van der Waals surface area contributed by atoms with Crippen LogP contribution >= 0.6 is 0 Å². The molecule has 0 aliphatic carbocycles. The molecule has 0 aliphatic heterocycles. The molecule has 0 fully saturated rings. The van der Waals surface area contributed by atoms with Gasteiger partial charge in [0.15, 0.2) is 0 Å². The van der Waals surface area contributed by atoms with Crippen LogP contribution in [-0.4, -0.2) is 15.5 Å². The van der Waals surface area contributed by atoms with Gasteiger partial charge in [-0.15, -0.1) is 0 Å². The fourth-order valence-corrected chi connectivity index (χ4v) is 0.615. The Morgan fingerprint density at radius 1 is 1.78 bits per heavy atom. The summed E-state index contributed by atoms with van der Waals surface area (Å²) in [6.07, 6.45) is 1.83. The van der Waals surface area contributed by atoms with E-state index in [1.807, 2.05) is 19.3 Å². The highest BCUT2D eigenvalue weighted by Crippen LogP contribution is 1.93. The lowest BCUT2D eigenvalue weighted by molar-refractivity contribution is 0.764. The molecule has 0 aliphatic rings. The largest absolute Gasteiger partial charge is 0.303 e. The lowest BCUT2D eigenvalue weighted by Gasteiger charge is -1.86. The van der Waals surface area contributed by atoms with Crippen molar-refractivity contribution in [1.82, 2.24) is 9.78 Å². The number of nitrogens with one attached hydrogen (secondary N) is 1. The molecule has 0 aromatic carbocycles. The number of hydrogen-bond donors (Lipinski definition) is 1. The summed E-state index contributed by atoms with van der Waals surface area (Å²) < 4.78 is 1.69. The van der Waals surface area contributed by atoms with E-state index in [4.69, 9.17) is 5.41 Å². The van der Waals surface area contributed by atoms with Gasteiger partial charge in [-0.1, -0.05) is 0 Å². The van der Waals surface area contributed by atoms with Crippen LogP contribution in [0.5, 0.6) is 0 Å². The van der Waals surface area contributed by atoms with Gasteiger partial charge in [-0.25, -0.2) is 0 Å². The van der Waals surface area contributed by atoms with E-state index in [2.05, 4.69) is 5.10 Å². The van der Waals surface area contributed by atoms with E-state index < -0.39 is 0 Å². The Bertz CT molecular complexity index is 224. The Hall–Kier alpha value is -1.12. The molecule has 0 saturated carbocycles. The Labute approximate surface area is 53.8 Å². The second-order valence-electron chi connectivity index (χ2n) is 2.00. The summed E-state index contributed by atoms with van der Waals surface area (Å²) >= 11 is 0. The first-order valence-corrected chi connectivity index (χ1v) is 2.75. The number of nitrogens with zero attached hydrogens (tertiary/aromatic N) is 2. The third-order valence-corrected chi connectivity index (χ3v) is 1.10. The van der Waals surface area contributed by atoms with E-state index in [9.17, 15) is 0 Å². The van der Waals surface area contributed by atoms with Crippen molar-refractivity contribution in [2.24, 2.45) is 7.05 Å². The average Bonchev–Trinajstić information content (AvgIpc) is 2.14. The Morgan fingerprint density at radius 2 is 2.44 bits per heavy atom. The van der Waals surface area contributed by atoms with Gasteiger partial charge in [0.1, 0.15) is 5.69 Å². The number of hydrogen-bond acceptors (Lipinski definition) is 2. The predicted molar refractivity (Wildman–Crippen MR) is 35.7 cm³/mol. The summed E-state index contributed by atoms with van der Waals surface area (Å²) in [7, 11) is 1.84. The minimum Gasteiger partial charge on any atom is -0.303 e. The van der Waals surface area contributed by atoms with Gasteiger partial charge < -0.3 is 5.41 Å². The second-order valence-corrected chi connectivity index (χ2v) is 2.00. The maximum Gasteiger partial charge on any atom is 0.105 e. The fraction of sp³-hybridized carbons (Fsp3) is 0.333. The first-order chi connectivity index (χ1) is 4.20. The molecule has 0 bridgehead atoms. The smallest absolute Gasteiger partial charge is 0.105 e. The van der Waals surface area contributed by atoms with Gasteiger partial charge in [-0.2, -0.15) is 5.10 Å². The molecule has 0 saturated heterocycles. The van der Waals surface area contributed by atoms with Gasteiger partial charge in [-0.3, -0.25) is 4.68 Å². The van der Waals surface area contributed by atoms with Gasteiger partial charge in [0.05, 0.1) is 5.71 Å². The van der Waals surface area contributed by atoms with Crippen molar-refractivity contribution in [2.75, 3.05) is 0 Å². The van der Waals surface area contributed by atoms with Crippen LogP contribution in [-0.2, 0) is 7.05 Å². The summed E-state index contributed by atoms with van der Waals surface area (Å²) in [6, 6.07) is 1.82. The van der Waals surface area contributed by atoms with Gasteiger partial charge in [0.2, 0.25) is 0 Å². The lowest BCUT2D eigenvalue weighted by Crippen LogP contribution is -1.95. The van der Waals surface area contributed by atoms with E-state index >= 15 is 0 Å². The number of rotatable bonds is 1. The SMILES string of the molecule is CC(=N)c1ccn(C)n1. The van der Waals surface area contributed by atoms with E-state index in [0.717, 1.165) is 5.69 Å². The summed E-state index contributed by atoms with van der Waals surface area (Å²) in [5.74, 6) is 0. The van der Waals surface area contributed by atoms with E-state index in [1.165, 1.54) is 0 Å². The highest BCUT2D eigenvalue weighted by Gasteiger charge is 1.95. The topological polar surface area (TPSA) is 41.7 Å². The Balaban J connectivity index is 2.98. The van der Waals surface area contributed by atoms with Crippen LogP contribution in [0.2, 0.25) is 0 Å². The summed E-state index contributed by atoms with van der Waals surface area (Å²) in [4.78, 5) is 0. The molecule has 1 rings (SSSR count). The van der Waals surface area contributed by atoms with Crippen molar-refractivity contribution in [3.63, 3.8) is 0 Å². The summed E-state index contributed by atoms with van der Waals surface area (Å²) in [6.45, 7) is 1.72. The molecule has 9 heavy (non-hydrogen) atoms. The maximum atomic E-state index is 7.17. The van der Waals surface area contributed by atoms with Crippen LogP contribution in [0.1, 0.15) is 12.6 Å². The Kier molecular flexibility index (Phi) is 1.34. The van der Waals surface area contributed by atoms with Crippen molar-refractivity contribution in [3.8, 4) is 0 Å². The molecule has 0 atom stereocenters. The van der Waals surface area contributed by atoms with Crippen molar-refractivity contribution < 1.29 is 0 Å². The highest BCUT2D eigenvalue weighted by atomic mass is 15.2. The van der Waals surface area contributed by atoms with Crippen molar-refractivity contribution in [1.29, 1.82) is 5.41 Å². The molecule has 0 radical (unpaired) electrons. The van der Waals surface area contributed by atoms with Crippen LogP contribution < -0.4 is 0 Å². The molecule has 0 amide bonds. The van der Waals surface area contributed by atoms with Gasteiger partial charge in [0.25, 0.3) is 0 Å². The van der Waals surface area contributed by atoms with Crippen molar-refractivity contribution in [2.45, 2.75) is 6.92 Å². The molecule has 0 unspecified atom stereocenters. The average molecular weight is 123 g/mol. The monoisotopic (exact) mass is 123 g/mol. The molecule has 48 valence electrons. The standard InChI is InChI=1S/C6H9N3/c1-5(7)6-3-4-9(2)8-6/h3-4,7H,1-2H3. The van der Waals surface area contributed by atoms with Gasteiger partial charge >= 0.3 is 0 Å². The molecular weight excluding hydrogens is 114 g/mol. The molecule has 1 N–H and O–H groups in total. The first kappa shape index (κ1) is 6.01. The minimum atomic E-state index is 0.510. The molecular formula is C6H9N3. The molecule has 1 aromatic rings. The second kappa shape index (κ2) is 2.01. The summed E-state index contributed by atoms with van der Waals surface area (Å²) in [5.41, 5.74) is 1.26. The Morgan fingerprint density at radius 3 is 2.67 bits per heavy atom. The predicted octanol–water partition coefficient (Wildman–Crippen LogP) is 0.808. The zero-order chi connectivity index (χ0) is 6.85. The molecule has 1 aromatic heterocycles. The zero-order valence-corrected chi connectivity index (χ0v) is 5.55. The first-order valence-electron chi connectivity index (χ1n) is 2.75. The third kappa shape index (κ3) is 1.16. The van der Waals surface area contributed by atoms with Crippen LogP contribution in [0, 0.1) is 5.41 Å². The molecule has 3 heteroatoms. The molecule has 3 nitrogen and oxygen atoms in total. The van der Waals surface area contributed by atoms with Crippen LogP contribution in [0.25, 0.3) is 0 Å². The summed E-state index contributed by atoms with van der Waals surface area (Å²) in [5, 5.41) is 11.2. The number of aromatic nitrogens is 2. The highest BCUT2D eigenvalue weighted by molar-refractivity contribution is 5.94. The van der Waals surface area contributed by atoms with Crippen LogP contribution in [0.3, 0.4) is 0 Å². The van der Waals surface area contributed by atoms with Crippen LogP contribution in [0.4, 0.5) is 0 Å². The fourth-order valence-electron chi connectivity index (χ4n) is 0.615. The number of aryl methyl sites for hydroxylation is 1. The molecule has 1 heterocycles. The molecule has 0 spiro atoms. The normalized spacial score (nSPS) is 9.56. The van der Waals surface area contributed by atoms with Gasteiger partial charge in [-0.05, 0) is 13.0 Å². The minimum absolute atomic E-state index is 0.510. The zero-order valence-electron chi connectivity index (χ0n) is 5.55. The van der Waals surface area contributed by atoms with Crippen molar-refractivity contribution in [3.05, 3.63) is 18.0 Å². The van der Waals surface area contributed by atoms with E-state index in [1.54, 1.807) is 11.6 Å². The quantitative estimate of drug-likeness (QED) is 0.551. The maximum absolute atomic E-state index is 7.17. The van der Waals surface area contributed by atoms with E-state index in [0.29, 0.717) is 5.71 Å². The lowest BCUT2D eigenvalue weighted by atomic mass is 10.3. The van der Waals surface area contributed by atoms with Crippen molar-refractivity contribution >= 4 is 5.71 Å². The van der Waals surface area contributed by atoms with E-state index in [-0.39, 0.29) is 0 Å². The van der Waals surface area contributed by atoms with Gasteiger partial charge in [0, 0.05) is 13.2 Å². The third-order valence-electron chi connectivity index (χ3n) is 1.10. The van der Waals surface area contributed by atoms with Crippen LogP contribution in [0.15, 0.2) is 12.3 Å².